The maximum absolute atomic E-state index is 13.8. The van der Waals surface area contributed by atoms with E-state index in [9.17, 15) is 14.0 Å². The molecule has 1 unspecified atom stereocenters. The van der Waals surface area contributed by atoms with Crippen molar-refractivity contribution in [3.8, 4) is 11.5 Å². The fourth-order valence-electron chi connectivity index (χ4n) is 4.44. The molecule has 0 saturated carbocycles. The zero-order valence-electron chi connectivity index (χ0n) is 23.5. The number of carbonyl (C=O) groups is 1. The molecule has 0 saturated heterocycles. The molecule has 0 bridgehead atoms. The first kappa shape index (κ1) is 29.3. The number of thiazole rings is 1. The Morgan fingerprint density at radius 3 is 2.58 bits per heavy atom. The van der Waals surface area contributed by atoms with Crippen LogP contribution >= 0.6 is 11.3 Å². The predicted molar refractivity (Wildman–Crippen MR) is 154 cm³/mol. The third-order valence-corrected chi connectivity index (χ3v) is 7.45. The van der Waals surface area contributed by atoms with Crippen LogP contribution in [0.3, 0.4) is 0 Å². The Morgan fingerprint density at radius 1 is 1.15 bits per heavy atom. The van der Waals surface area contributed by atoms with Gasteiger partial charge in [-0.1, -0.05) is 63.1 Å². The van der Waals surface area contributed by atoms with Gasteiger partial charge < -0.3 is 14.2 Å². The van der Waals surface area contributed by atoms with Crippen molar-refractivity contribution in [1.82, 2.24) is 4.57 Å². The molecule has 1 aromatic heterocycles. The van der Waals surface area contributed by atoms with E-state index >= 15 is 0 Å². The van der Waals surface area contributed by atoms with E-state index in [2.05, 4.69) is 11.9 Å². The quantitative estimate of drug-likeness (QED) is 0.237. The Balaban J connectivity index is 1.84. The minimum Gasteiger partial charge on any atom is -0.493 e. The molecule has 1 atom stereocenters. The molecule has 0 aliphatic carbocycles. The first-order valence-electron chi connectivity index (χ1n) is 13.5. The minimum atomic E-state index is -0.783. The smallest absolute Gasteiger partial charge is 0.338 e. The van der Waals surface area contributed by atoms with Crippen molar-refractivity contribution < 1.29 is 23.4 Å². The molecule has 4 rings (SSSR count). The molecule has 212 valence electrons. The second-order valence-electron chi connectivity index (χ2n) is 10.1. The Hall–Kier alpha value is -3.72. The van der Waals surface area contributed by atoms with Crippen molar-refractivity contribution in [2.75, 3.05) is 20.3 Å². The number of benzene rings is 2. The maximum atomic E-state index is 13.8. The van der Waals surface area contributed by atoms with E-state index < -0.39 is 12.0 Å². The number of allylic oxidation sites excluding steroid dienone is 1. The average Bonchev–Trinajstić information content (AvgIpc) is 3.24. The third-order valence-electron chi connectivity index (χ3n) is 6.47. The molecule has 9 heteroatoms. The monoisotopic (exact) mass is 566 g/mol. The lowest BCUT2D eigenvalue weighted by Gasteiger charge is -2.25. The molecular formula is C31H35FN2O5S. The lowest BCUT2D eigenvalue weighted by molar-refractivity contribution is -0.140. The van der Waals surface area contributed by atoms with Gasteiger partial charge in [-0.3, -0.25) is 9.36 Å². The minimum absolute atomic E-state index is 0.143. The van der Waals surface area contributed by atoms with Gasteiger partial charge in [0, 0.05) is 0 Å². The topological polar surface area (TPSA) is 79.1 Å². The molecule has 7 nitrogen and oxygen atoms in total. The molecule has 40 heavy (non-hydrogen) atoms. The Morgan fingerprint density at radius 2 is 1.90 bits per heavy atom. The van der Waals surface area contributed by atoms with Gasteiger partial charge in [0.1, 0.15) is 5.82 Å². The summed E-state index contributed by atoms with van der Waals surface area (Å²) in [6, 6.07) is 10.6. The average molecular weight is 567 g/mol. The number of carbonyl (C=O) groups excluding carboxylic acids is 1. The molecule has 0 N–H and O–H groups in total. The second kappa shape index (κ2) is 13.1. The summed E-state index contributed by atoms with van der Waals surface area (Å²) < 4.78 is 32.6. The van der Waals surface area contributed by atoms with Gasteiger partial charge in [0.15, 0.2) is 16.3 Å². The van der Waals surface area contributed by atoms with E-state index in [0.29, 0.717) is 49.8 Å². The van der Waals surface area contributed by atoms with Crippen LogP contribution in [0.4, 0.5) is 4.39 Å². The largest absolute Gasteiger partial charge is 0.493 e. The molecule has 0 spiro atoms. The summed E-state index contributed by atoms with van der Waals surface area (Å²) in [7, 11) is 1.56. The molecule has 0 fully saturated rings. The Kier molecular flexibility index (Phi) is 9.58. The zero-order valence-corrected chi connectivity index (χ0v) is 24.3. The van der Waals surface area contributed by atoms with Gasteiger partial charge in [-0.25, -0.2) is 14.2 Å². The van der Waals surface area contributed by atoms with E-state index in [1.807, 2.05) is 19.9 Å². The highest BCUT2D eigenvalue weighted by Crippen LogP contribution is 2.36. The van der Waals surface area contributed by atoms with Crippen LogP contribution < -0.4 is 24.4 Å². The number of rotatable bonds is 11. The molecule has 2 heterocycles. The predicted octanol–water partition coefficient (Wildman–Crippen LogP) is 5.15. The first-order valence-corrected chi connectivity index (χ1v) is 14.3. The van der Waals surface area contributed by atoms with E-state index in [0.717, 1.165) is 19.3 Å². The Bertz CT molecular complexity index is 1570. The van der Waals surface area contributed by atoms with Gasteiger partial charge in [-0.2, -0.15) is 0 Å². The van der Waals surface area contributed by atoms with E-state index in [-0.39, 0.29) is 23.9 Å². The fourth-order valence-corrected chi connectivity index (χ4v) is 5.48. The van der Waals surface area contributed by atoms with Gasteiger partial charge in [0.25, 0.3) is 5.56 Å². The number of nitrogens with zero attached hydrogens (tertiary/aromatic N) is 2. The highest BCUT2D eigenvalue weighted by Gasteiger charge is 2.34. The summed E-state index contributed by atoms with van der Waals surface area (Å²) in [4.78, 5) is 32.3. The van der Waals surface area contributed by atoms with Crippen LogP contribution in [0, 0.1) is 11.7 Å². The van der Waals surface area contributed by atoms with Crippen LogP contribution in [0.2, 0.25) is 0 Å². The van der Waals surface area contributed by atoms with Crippen LogP contribution in [0.1, 0.15) is 64.1 Å². The van der Waals surface area contributed by atoms with Crippen molar-refractivity contribution in [2.24, 2.45) is 10.9 Å². The normalized spacial score (nSPS) is 15.2. The van der Waals surface area contributed by atoms with Crippen molar-refractivity contribution in [3.05, 3.63) is 90.4 Å². The number of hydrogen-bond donors (Lipinski definition) is 0. The van der Waals surface area contributed by atoms with Gasteiger partial charge in [0.05, 0.1) is 42.2 Å². The first-order chi connectivity index (χ1) is 19.2. The molecule has 0 radical (unpaired) electrons. The summed E-state index contributed by atoms with van der Waals surface area (Å²) in [6.45, 7) is 8.60. The van der Waals surface area contributed by atoms with Gasteiger partial charge in [-0.05, 0) is 60.7 Å². The number of halogens is 1. The van der Waals surface area contributed by atoms with Crippen LogP contribution in [-0.2, 0) is 9.53 Å². The number of fused-ring (bicyclic) bond motifs is 1. The summed E-state index contributed by atoms with van der Waals surface area (Å²) in [5, 5.41) is 0. The molecule has 1 aliphatic heterocycles. The SMILES string of the molecule is CCCCCOc1ccc(C2C(C(=O)OCC(C)C)=C(C)N=c3s/c(=C\c4ccc(F)cc4)c(=O)n32)cc1OC. The molecule has 0 amide bonds. The lowest BCUT2D eigenvalue weighted by Crippen LogP contribution is -2.40. The summed E-state index contributed by atoms with van der Waals surface area (Å²) in [6.07, 6.45) is 4.79. The van der Waals surface area contributed by atoms with E-state index in [4.69, 9.17) is 14.2 Å². The van der Waals surface area contributed by atoms with Crippen LogP contribution in [0.15, 0.2) is 63.5 Å². The standard InChI is InChI=1S/C31H35FN2O5S/c1-6-7-8-15-38-24-14-11-22(17-25(24)37-5)28-27(30(36)39-18-19(2)3)20(4)33-31-34(28)29(35)26(40-31)16-21-9-12-23(32)13-10-21/h9-14,16-17,19,28H,6-8,15,18H2,1-5H3/b26-16-. The van der Waals surface area contributed by atoms with Gasteiger partial charge >= 0.3 is 5.97 Å². The number of ether oxygens (including phenoxy) is 3. The van der Waals surface area contributed by atoms with Crippen molar-refractivity contribution >= 4 is 23.4 Å². The Labute approximate surface area is 237 Å². The van der Waals surface area contributed by atoms with Crippen molar-refractivity contribution in [3.63, 3.8) is 0 Å². The van der Waals surface area contributed by atoms with Gasteiger partial charge in [0.2, 0.25) is 0 Å². The summed E-state index contributed by atoms with van der Waals surface area (Å²) in [5.41, 5.74) is 1.81. The van der Waals surface area contributed by atoms with Crippen LogP contribution in [-0.4, -0.2) is 30.9 Å². The number of unbranched alkanes of at least 4 members (excludes halogenated alkanes) is 2. The summed E-state index contributed by atoms with van der Waals surface area (Å²) >= 11 is 1.22. The number of esters is 1. The number of aromatic nitrogens is 1. The second-order valence-corrected chi connectivity index (χ2v) is 11.1. The van der Waals surface area contributed by atoms with Crippen molar-refractivity contribution in [1.29, 1.82) is 0 Å². The lowest BCUT2D eigenvalue weighted by atomic mass is 9.95. The number of hydrogen-bond acceptors (Lipinski definition) is 7. The fraction of sp³-hybridized carbons (Fsp3) is 0.387. The van der Waals surface area contributed by atoms with E-state index in [1.165, 1.54) is 28.0 Å². The van der Waals surface area contributed by atoms with Gasteiger partial charge in [-0.15, -0.1) is 0 Å². The number of methoxy groups -OCH3 is 1. The summed E-state index contributed by atoms with van der Waals surface area (Å²) in [5.74, 6) is 0.365. The zero-order chi connectivity index (χ0) is 28.8. The van der Waals surface area contributed by atoms with Crippen LogP contribution in [0.25, 0.3) is 6.08 Å². The maximum Gasteiger partial charge on any atom is 0.338 e. The third kappa shape index (κ3) is 6.53. The molecular weight excluding hydrogens is 531 g/mol. The molecule has 1 aliphatic rings. The highest BCUT2D eigenvalue weighted by molar-refractivity contribution is 7.07. The van der Waals surface area contributed by atoms with E-state index in [1.54, 1.807) is 44.4 Å². The molecule has 2 aromatic carbocycles. The highest BCUT2D eigenvalue weighted by atomic mass is 32.1. The molecule has 3 aromatic rings. The van der Waals surface area contributed by atoms with Crippen LogP contribution in [0.5, 0.6) is 11.5 Å². The van der Waals surface area contributed by atoms with Crippen molar-refractivity contribution in [2.45, 2.75) is 53.0 Å².